The van der Waals surface area contributed by atoms with Crippen LogP contribution in [0.5, 0.6) is 0 Å². The van der Waals surface area contributed by atoms with Gasteiger partial charge in [0, 0.05) is 24.8 Å². The molecule has 19 heavy (non-hydrogen) atoms. The smallest absolute Gasteiger partial charge is 0.132 e. The second kappa shape index (κ2) is 5.16. The normalized spacial score (nSPS) is 17.2. The Kier molecular flexibility index (Phi) is 3.36. The fourth-order valence-electron chi connectivity index (χ4n) is 3.07. The minimum Gasteiger partial charge on any atom is -0.300 e. The van der Waals surface area contributed by atoms with Crippen molar-refractivity contribution >= 4 is 16.7 Å². The lowest BCUT2D eigenvalue weighted by atomic mass is 9.85. The number of hydrogen-bond acceptors (Lipinski definition) is 2. The van der Waals surface area contributed by atoms with Crippen LogP contribution in [0.25, 0.3) is 10.9 Å². The Hall–Kier alpha value is -1.64. The molecule has 0 bridgehead atoms. The molecule has 1 saturated carbocycles. The van der Waals surface area contributed by atoms with Crippen LogP contribution >= 0.6 is 0 Å². The van der Waals surface area contributed by atoms with E-state index in [1.807, 2.05) is 0 Å². The fraction of sp³-hybridized carbons (Fsp3) is 0.500. The quantitative estimate of drug-likeness (QED) is 0.844. The van der Waals surface area contributed by atoms with Gasteiger partial charge in [0.1, 0.15) is 5.78 Å². The van der Waals surface area contributed by atoms with Gasteiger partial charge in [0.2, 0.25) is 0 Å². The molecule has 0 unspecified atom stereocenters. The zero-order valence-corrected chi connectivity index (χ0v) is 11.4. The average Bonchev–Trinajstić information content (AvgIpc) is 2.80. The van der Waals surface area contributed by atoms with E-state index in [0.29, 0.717) is 11.7 Å². The van der Waals surface area contributed by atoms with Crippen LogP contribution in [0.15, 0.2) is 24.3 Å². The molecule has 0 spiro atoms. The van der Waals surface area contributed by atoms with Gasteiger partial charge in [-0.3, -0.25) is 9.48 Å². The molecule has 1 aliphatic carbocycles. The van der Waals surface area contributed by atoms with Crippen LogP contribution in [-0.4, -0.2) is 15.6 Å². The number of ketones is 1. The van der Waals surface area contributed by atoms with E-state index in [2.05, 4.69) is 35.9 Å². The number of aryl methyl sites for hydroxylation is 1. The van der Waals surface area contributed by atoms with E-state index in [1.54, 1.807) is 0 Å². The highest BCUT2D eigenvalue weighted by Gasteiger charge is 2.21. The molecule has 3 rings (SSSR count). The molecule has 2 aromatic rings. The molecule has 0 radical (unpaired) electrons. The number of nitrogens with zero attached hydrogens (tertiary/aromatic N) is 2. The summed E-state index contributed by atoms with van der Waals surface area (Å²) in [4.78, 5) is 11.3. The lowest BCUT2D eigenvalue weighted by Gasteiger charge is -2.19. The van der Waals surface area contributed by atoms with Gasteiger partial charge in [-0.15, -0.1) is 0 Å². The predicted molar refractivity (Wildman–Crippen MR) is 76.1 cm³/mol. The van der Waals surface area contributed by atoms with Gasteiger partial charge in [-0.1, -0.05) is 18.2 Å². The third kappa shape index (κ3) is 2.42. The SMILES string of the molecule is CCn1nc(CC2CCC(=O)CC2)c2ccccc21. The highest BCUT2D eigenvalue weighted by Crippen LogP contribution is 2.28. The highest BCUT2D eigenvalue weighted by molar-refractivity contribution is 5.82. The first-order valence-corrected chi connectivity index (χ1v) is 7.24. The van der Waals surface area contributed by atoms with Gasteiger partial charge >= 0.3 is 0 Å². The maximum atomic E-state index is 11.3. The van der Waals surface area contributed by atoms with E-state index in [0.717, 1.165) is 38.6 Å². The molecule has 100 valence electrons. The molecule has 0 atom stereocenters. The number of carbonyl (C=O) groups is 1. The number of benzene rings is 1. The standard InChI is InChI=1S/C16H20N2O/c1-2-18-16-6-4-3-5-14(16)15(17-18)11-12-7-9-13(19)10-8-12/h3-6,12H,2,7-11H2,1H3. The number of carbonyl (C=O) groups excluding carboxylic acids is 1. The Morgan fingerprint density at radius 2 is 2.00 bits per heavy atom. The first-order chi connectivity index (χ1) is 9.28. The van der Waals surface area contributed by atoms with Gasteiger partial charge in [-0.2, -0.15) is 5.10 Å². The monoisotopic (exact) mass is 256 g/mol. The van der Waals surface area contributed by atoms with E-state index < -0.39 is 0 Å². The van der Waals surface area contributed by atoms with Crippen molar-refractivity contribution in [3.8, 4) is 0 Å². The van der Waals surface area contributed by atoms with Gasteiger partial charge in [-0.25, -0.2) is 0 Å². The van der Waals surface area contributed by atoms with E-state index in [9.17, 15) is 4.79 Å². The minimum atomic E-state index is 0.431. The molecule has 1 fully saturated rings. The van der Waals surface area contributed by atoms with Crippen molar-refractivity contribution in [1.29, 1.82) is 0 Å². The predicted octanol–water partition coefficient (Wildman–Crippen LogP) is 3.36. The van der Waals surface area contributed by atoms with Gasteiger partial charge < -0.3 is 0 Å². The number of rotatable bonds is 3. The van der Waals surface area contributed by atoms with Crippen LogP contribution in [-0.2, 0) is 17.8 Å². The van der Waals surface area contributed by atoms with Crippen molar-refractivity contribution in [1.82, 2.24) is 9.78 Å². The average molecular weight is 256 g/mol. The first kappa shape index (κ1) is 12.4. The molecule has 0 amide bonds. The zero-order valence-electron chi connectivity index (χ0n) is 11.4. The molecular formula is C16H20N2O. The van der Waals surface area contributed by atoms with E-state index in [4.69, 9.17) is 5.10 Å². The topological polar surface area (TPSA) is 34.9 Å². The summed E-state index contributed by atoms with van der Waals surface area (Å²) in [5.41, 5.74) is 2.43. The highest BCUT2D eigenvalue weighted by atomic mass is 16.1. The number of fused-ring (bicyclic) bond motifs is 1. The fourth-order valence-corrected chi connectivity index (χ4v) is 3.07. The summed E-state index contributed by atoms with van der Waals surface area (Å²) in [7, 11) is 0. The minimum absolute atomic E-state index is 0.431. The Bertz CT molecular complexity index is 590. The van der Waals surface area contributed by atoms with Crippen molar-refractivity contribution in [3.63, 3.8) is 0 Å². The van der Waals surface area contributed by atoms with Gasteiger partial charge in [0.25, 0.3) is 0 Å². The summed E-state index contributed by atoms with van der Waals surface area (Å²) in [6.45, 7) is 3.03. The second-order valence-electron chi connectivity index (χ2n) is 5.47. The first-order valence-electron chi connectivity index (χ1n) is 7.24. The summed E-state index contributed by atoms with van der Waals surface area (Å²) < 4.78 is 2.08. The summed E-state index contributed by atoms with van der Waals surface area (Å²) in [6.07, 6.45) is 4.60. The third-order valence-corrected chi connectivity index (χ3v) is 4.18. The van der Waals surface area contributed by atoms with Crippen LogP contribution < -0.4 is 0 Å². The molecule has 1 aromatic carbocycles. The van der Waals surface area contributed by atoms with Gasteiger partial charge in [0.15, 0.2) is 0 Å². The number of para-hydroxylation sites is 1. The van der Waals surface area contributed by atoms with Crippen LogP contribution in [0, 0.1) is 5.92 Å². The maximum Gasteiger partial charge on any atom is 0.132 e. The van der Waals surface area contributed by atoms with Crippen molar-refractivity contribution in [2.24, 2.45) is 5.92 Å². The summed E-state index contributed by atoms with van der Waals surface area (Å²) in [6, 6.07) is 8.45. The molecule has 0 saturated heterocycles. The van der Waals surface area contributed by atoms with Crippen LogP contribution in [0.3, 0.4) is 0 Å². The van der Waals surface area contributed by atoms with E-state index in [1.165, 1.54) is 16.6 Å². The van der Waals surface area contributed by atoms with Crippen molar-refractivity contribution in [2.45, 2.75) is 45.6 Å². The maximum absolute atomic E-state index is 11.3. The van der Waals surface area contributed by atoms with E-state index >= 15 is 0 Å². The summed E-state index contributed by atoms with van der Waals surface area (Å²) in [5.74, 6) is 1.06. The molecular weight excluding hydrogens is 236 g/mol. The van der Waals surface area contributed by atoms with Crippen molar-refractivity contribution in [3.05, 3.63) is 30.0 Å². The van der Waals surface area contributed by atoms with Crippen molar-refractivity contribution in [2.75, 3.05) is 0 Å². The molecule has 1 aromatic heterocycles. The Morgan fingerprint density at radius 3 is 2.74 bits per heavy atom. The Labute approximate surface area is 113 Å². The molecule has 0 N–H and O–H groups in total. The van der Waals surface area contributed by atoms with Crippen LogP contribution in [0.1, 0.15) is 38.3 Å². The van der Waals surface area contributed by atoms with Gasteiger partial charge in [0.05, 0.1) is 11.2 Å². The number of Topliss-reactive ketones (excluding diaryl/α,β-unsaturated/α-hetero) is 1. The molecule has 3 heteroatoms. The summed E-state index contributed by atoms with van der Waals surface area (Å²) >= 11 is 0. The number of aromatic nitrogens is 2. The Balaban J connectivity index is 1.86. The van der Waals surface area contributed by atoms with Crippen LogP contribution in [0.4, 0.5) is 0 Å². The molecule has 3 nitrogen and oxygen atoms in total. The van der Waals surface area contributed by atoms with E-state index in [-0.39, 0.29) is 0 Å². The summed E-state index contributed by atoms with van der Waals surface area (Å²) in [5, 5.41) is 6.03. The largest absolute Gasteiger partial charge is 0.300 e. The van der Waals surface area contributed by atoms with Crippen molar-refractivity contribution < 1.29 is 4.79 Å². The molecule has 1 heterocycles. The lowest BCUT2D eigenvalue weighted by Crippen LogP contribution is -2.16. The number of hydrogen-bond donors (Lipinski definition) is 0. The second-order valence-corrected chi connectivity index (χ2v) is 5.47. The van der Waals surface area contributed by atoms with Gasteiger partial charge in [-0.05, 0) is 38.2 Å². The zero-order chi connectivity index (χ0) is 13.2. The molecule has 0 aliphatic heterocycles. The molecule has 1 aliphatic rings. The lowest BCUT2D eigenvalue weighted by molar-refractivity contribution is -0.121. The Morgan fingerprint density at radius 1 is 1.26 bits per heavy atom. The van der Waals surface area contributed by atoms with Crippen LogP contribution in [0.2, 0.25) is 0 Å². The third-order valence-electron chi connectivity index (χ3n) is 4.18.